The zero-order valence-electron chi connectivity index (χ0n) is 5.05. The van der Waals surface area contributed by atoms with Crippen LogP contribution in [0.1, 0.15) is 5.56 Å². The minimum absolute atomic E-state index is 0. The summed E-state index contributed by atoms with van der Waals surface area (Å²) in [5.74, 6) is -0.111. The van der Waals surface area contributed by atoms with Crippen LogP contribution in [0.25, 0.3) is 0 Å². The highest BCUT2D eigenvalue weighted by atomic mass is 35.5. The number of hydrogen-bond donors (Lipinski definition) is 0. The molecule has 0 N–H and O–H groups in total. The van der Waals surface area contributed by atoms with E-state index in [9.17, 15) is 4.39 Å². The minimum Gasteiger partial charge on any atom is -0.264 e. The van der Waals surface area contributed by atoms with Gasteiger partial charge in [-0.3, -0.25) is 4.98 Å². The first-order valence-corrected chi connectivity index (χ1v) is 3.02. The summed E-state index contributed by atoms with van der Waals surface area (Å²) in [6.07, 6.45) is 2.81. The average molecular weight is 182 g/mol. The summed E-state index contributed by atoms with van der Waals surface area (Å²) in [6.45, 7) is 0. The highest BCUT2D eigenvalue weighted by Crippen LogP contribution is 2.05. The molecule has 4 heteroatoms. The Morgan fingerprint density at radius 3 is 2.70 bits per heavy atom. The van der Waals surface area contributed by atoms with Crippen molar-refractivity contribution in [2.45, 2.75) is 5.88 Å². The van der Waals surface area contributed by atoms with Gasteiger partial charge in [0.25, 0.3) is 0 Å². The van der Waals surface area contributed by atoms with Gasteiger partial charge < -0.3 is 0 Å². The fourth-order valence-electron chi connectivity index (χ4n) is 0.509. The van der Waals surface area contributed by atoms with E-state index in [1.54, 1.807) is 0 Å². The fourth-order valence-corrected chi connectivity index (χ4v) is 0.705. The third-order valence-corrected chi connectivity index (χ3v) is 1.28. The minimum atomic E-state index is -0.292. The summed E-state index contributed by atoms with van der Waals surface area (Å²) in [7, 11) is 0. The first-order valence-electron chi connectivity index (χ1n) is 2.49. The Kier molecular flexibility index (Phi) is 4.32. The van der Waals surface area contributed by atoms with Crippen LogP contribution in [0.5, 0.6) is 0 Å². The molecule has 0 spiro atoms. The smallest absolute Gasteiger partial charge is 0.130 e. The topological polar surface area (TPSA) is 12.9 Å². The van der Waals surface area contributed by atoms with E-state index in [1.807, 2.05) is 0 Å². The van der Waals surface area contributed by atoms with Crippen molar-refractivity contribution in [1.29, 1.82) is 0 Å². The van der Waals surface area contributed by atoms with E-state index in [4.69, 9.17) is 11.6 Å². The van der Waals surface area contributed by atoms with Crippen LogP contribution in [-0.2, 0) is 5.88 Å². The molecule has 0 aromatic carbocycles. The molecular weight excluding hydrogens is 176 g/mol. The molecule has 0 aliphatic carbocycles. The highest BCUT2D eigenvalue weighted by molar-refractivity contribution is 6.17. The van der Waals surface area contributed by atoms with Gasteiger partial charge >= 0.3 is 0 Å². The molecule has 1 nitrogen and oxygen atoms in total. The number of alkyl halides is 1. The summed E-state index contributed by atoms with van der Waals surface area (Å²) >= 11 is 5.35. The molecule has 0 bridgehead atoms. The summed E-state index contributed by atoms with van der Waals surface area (Å²) < 4.78 is 12.5. The fraction of sp³-hybridized carbons (Fsp3) is 0.167. The summed E-state index contributed by atoms with van der Waals surface area (Å²) in [4.78, 5) is 3.69. The van der Waals surface area contributed by atoms with Crippen molar-refractivity contribution in [1.82, 2.24) is 4.98 Å². The molecule has 0 saturated carbocycles. The van der Waals surface area contributed by atoms with Crippen molar-refractivity contribution >= 4 is 24.0 Å². The van der Waals surface area contributed by atoms with Gasteiger partial charge in [-0.1, -0.05) is 0 Å². The van der Waals surface area contributed by atoms with Gasteiger partial charge in [0.1, 0.15) is 5.82 Å². The largest absolute Gasteiger partial charge is 0.264 e. The zero-order valence-corrected chi connectivity index (χ0v) is 6.62. The molecule has 1 rings (SSSR count). The summed E-state index contributed by atoms with van der Waals surface area (Å²) in [5.41, 5.74) is 0.444. The normalized spacial score (nSPS) is 8.60. The molecule has 0 radical (unpaired) electrons. The van der Waals surface area contributed by atoms with Crippen molar-refractivity contribution in [2.24, 2.45) is 0 Å². The third-order valence-electron chi connectivity index (χ3n) is 0.988. The van der Waals surface area contributed by atoms with Gasteiger partial charge in [0.05, 0.1) is 5.88 Å². The number of rotatable bonds is 1. The molecule has 0 amide bonds. The van der Waals surface area contributed by atoms with Gasteiger partial charge in [-0.25, -0.2) is 4.39 Å². The average Bonchev–Trinajstić information content (AvgIpc) is 1.89. The second-order valence-corrected chi connectivity index (χ2v) is 1.87. The molecule has 1 aromatic rings. The van der Waals surface area contributed by atoms with Crippen molar-refractivity contribution < 1.29 is 4.39 Å². The van der Waals surface area contributed by atoms with Crippen LogP contribution in [0.4, 0.5) is 4.39 Å². The molecule has 56 valence electrons. The quantitative estimate of drug-likeness (QED) is 0.607. The van der Waals surface area contributed by atoms with Crippen LogP contribution in [0.15, 0.2) is 18.5 Å². The van der Waals surface area contributed by atoms with Crippen LogP contribution in [0, 0.1) is 5.82 Å². The van der Waals surface area contributed by atoms with Gasteiger partial charge in [0.2, 0.25) is 0 Å². The molecule has 1 heterocycles. The maximum absolute atomic E-state index is 12.5. The predicted molar refractivity (Wildman–Crippen MR) is 41.0 cm³/mol. The Hall–Kier alpha value is -0.340. The van der Waals surface area contributed by atoms with Crippen LogP contribution in [-0.4, -0.2) is 4.98 Å². The van der Waals surface area contributed by atoms with E-state index >= 15 is 0 Å². The molecule has 10 heavy (non-hydrogen) atoms. The van der Waals surface area contributed by atoms with E-state index in [-0.39, 0.29) is 24.1 Å². The van der Waals surface area contributed by atoms with Crippen LogP contribution in [0.2, 0.25) is 0 Å². The summed E-state index contributed by atoms with van der Waals surface area (Å²) in [6, 6.07) is 1.29. The molecule has 0 aliphatic heterocycles. The van der Waals surface area contributed by atoms with E-state index in [0.717, 1.165) is 0 Å². The highest BCUT2D eigenvalue weighted by Gasteiger charge is 1.96. The van der Waals surface area contributed by atoms with Gasteiger partial charge in [-0.05, 0) is 6.07 Å². The van der Waals surface area contributed by atoms with Crippen LogP contribution in [0.3, 0.4) is 0 Å². The summed E-state index contributed by atoms with van der Waals surface area (Å²) in [5, 5.41) is 0. The number of aromatic nitrogens is 1. The standard InChI is InChI=1S/C6H5ClFN.ClH/c7-3-5-4-9-2-1-6(5)8;/h1-2,4H,3H2;1H. The monoisotopic (exact) mass is 181 g/mol. The van der Waals surface area contributed by atoms with E-state index in [0.29, 0.717) is 5.56 Å². The lowest BCUT2D eigenvalue weighted by molar-refractivity contribution is 0.614. The number of pyridine rings is 1. The van der Waals surface area contributed by atoms with Crippen molar-refractivity contribution in [3.05, 3.63) is 29.8 Å². The Morgan fingerprint density at radius 1 is 1.60 bits per heavy atom. The van der Waals surface area contributed by atoms with E-state index in [1.165, 1.54) is 18.5 Å². The Morgan fingerprint density at radius 2 is 2.30 bits per heavy atom. The second-order valence-electron chi connectivity index (χ2n) is 1.60. The van der Waals surface area contributed by atoms with Crippen LogP contribution >= 0.6 is 24.0 Å². The van der Waals surface area contributed by atoms with Crippen molar-refractivity contribution in [2.75, 3.05) is 0 Å². The van der Waals surface area contributed by atoms with Crippen molar-refractivity contribution in [3.8, 4) is 0 Å². The number of hydrogen-bond acceptors (Lipinski definition) is 1. The first kappa shape index (κ1) is 9.66. The van der Waals surface area contributed by atoms with Gasteiger partial charge in [0, 0.05) is 18.0 Å². The first-order chi connectivity index (χ1) is 4.34. The molecule has 0 aliphatic rings. The van der Waals surface area contributed by atoms with Crippen LogP contribution < -0.4 is 0 Å². The maximum Gasteiger partial charge on any atom is 0.130 e. The van der Waals surface area contributed by atoms with E-state index in [2.05, 4.69) is 4.98 Å². The number of nitrogens with zero attached hydrogens (tertiary/aromatic N) is 1. The molecule has 0 unspecified atom stereocenters. The van der Waals surface area contributed by atoms with Gasteiger partial charge in [-0.15, -0.1) is 24.0 Å². The van der Waals surface area contributed by atoms with Gasteiger partial charge in [-0.2, -0.15) is 0 Å². The molecule has 0 saturated heterocycles. The number of halogens is 3. The van der Waals surface area contributed by atoms with Gasteiger partial charge in [0.15, 0.2) is 0 Å². The Labute approximate surface area is 69.6 Å². The predicted octanol–water partition coefficient (Wildman–Crippen LogP) is 2.38. The maximum atomic E-state index is 12.5. The van der Waals surface area contributed by atoms with Crippen molar-refractivity contribution in [3.63, 3.8) is 0 Å². The SMILES string of the molecule is Cl.Fc1ccncc1CCl. The molecule has 0 fully saturated rings. The lowest BCUT2D eigenvalue weighted by Crippen LogP contribution is -1.85. The molecule has 0 atom stereocenters. The zero-order chi connectivity index (χ0) is 6.69. The lowest BCUT2D eigenvalue weighted by Gasteiger charge is -1.92. The lowest BCUT2D eigenvalue weighted by atomic mass is 10.3. The van der Waals surface area contributed by atoms with E-state index < -0.39 is 0 Å². The molecule has 1 aromatic heterocycles. The second kappa shape index (κ2) is 4.47. The Balaban J connectivity index is 0.000000810. The molecular formula is C6H6Cl2FN. The third kappa shape index (κ3) is 2.12. The Bertz CT molecular complexity index is 205.